The Morgan fingerprint density at radius 1 is 1.00 bits per heavy atom. The summed E-state index contributed by atoms with van der Waals surface area (Å²) in [4.78, 5) is 12.1. The predicted molar refractivity (Wildman–Crippen MR) is 87.7 cm³/mol. The Morgan fingerprint density at radius 2 is 1.77 bits per heavy atom. The highest BCUT2D eigenvalue weighted by atomic mass is 35.5. The van der Waals surface area contributed by atoms with Crippen LogP contribution in [0.15, 0.2) is 60.7 Å². The number of carbonyl (C=O) groups is 1. The molecular weight excluding hydrogens is 301 g/mol. The van der Waals surface area contributed by atoms with Crippen LogP contribution in [0.25, 0.3) is 10.8 Å². The first kappa shape index (κ1) is 14.5. The lowest BCUT2D eigenvalue weighted by Gasteiger charge is -2.08. The molecule has 1 N–H and O–H groups in total. The van der Waals surface area contributed by atoms with Gasteiger partial charge in [-0.05, 0) is 35.0 Å². The van der Waals surface area contributed by atoms with E-state index in [1.807, 2.05) is 42.5 Å². The summed E-state index contributed by atoms with van der Waals surface area (Å²) >= 11 is 5.93. The molecule has 0 aliphatic heterocycles. The standard InChI is InChI=1S/C18H13ClFNO/c19-16-6-3-7-17(20)15(16)11-18(22)21-14-9-8-12-4-1-2-5-13(12)10-14/h1-10H,11H2,(H,21,22). The largest absolute Gasteiger partial charge is 0.326 e. The highest BCUT2D eigenvalue weighted by Crippen LogP contribution is 2.21. The highest BCUT2D eigenvalue weighted by Gasteiger charge is 2.12. The second kappa shape index (κ2) is 6.16. The molecule has 2 nitrogen and oxygen atoms in total. The second-order valence-electron chi connectivity index (χ2n) is 4.99. The van der Waals surface area contributed by atoms with Crippen molar-refractivity contribution in [2.75, 3.05) is 5.32 Å². The van der Waals surface area contributed by atoms with Crippen molar-refractivity contribution >= 4 is 34.0 Å². The van der Waals surface area contributed by atoms with E-state index >= 15 is 0 Å². The van der Waals surface area contributed by atoms with E-state index in [9.17, 15) is 9.18 Å². The minimum Gasteiger partial charge on any atom is -0.326 e. The van der Waals surface area contributed by atoms with E-state index in [0.717, 1.165) is 10.8 Å². The number of carbonyl (C=O) groups excluding carboxylic acids is 1. The molecule has 0 heterocycles. The summed E-state index contributed by atoms with van der Waals surface area (Å²) in [5.41, 5.74) is 0.888. The fourth-order valence-corrected chi connectivity index (χ4v) is 2.56. The van der Waals surface area contributed by atoms with Gasteiger partial charge in [0.1, 0.15) is 5.82 Å². The SMILES string of the molecule is O=C(Cc1c(F)cccc1Cl)Nc1ccc2ccccc2c1. The van der Waals surface area contributed by atoms with Crippen LogP contribution in [-0.2, 0) is 11.2 Å². The normalized spacial score (nSPS) is 10.6. The number of rotatable bonds is 3. The van der Waals surface area contributed by atoms with Crippen LogP contribution in [-0.4, -0.2) is 5.91 Å². The summed E-state index contributed by atoms with van der Waals surface area (Å²) in [5, 5.41) is 5.16. The zero-order valence-electron chi connectivity index (χ0n) is 11.6. The van der Waals surface area contributed by atoms with Gasteiger partial charge < -0.3 is 5.32 Å². The maximum absolute atomic E-state index is 13.7. The van der Waals surface area contributed by atoms with Crippen molar-refractivity contribution in [3.63, 3.8) is 0 Å². The fraction of sp³-hybridized carbons (Fsp3) is 0.0556. The smallest absolute Gasteiger partial charge is 0.228 e. The molecule has 4 heteroatoms. The van der Waals surface area contributed by atoms with Crippen LogP contribution in [0.3, 0.4) is 0 Å². The molecule has 0 saturated heterocycles. The summed E-state index contributed by atoms with van der Waals surface area (Å²) < 4.78 is 13.7. The van der Waals surface area contributed by atoms with Gasteiger partial charge in [-0.25, -0.2) is 4.39 Å². The number of hydrogen-bond donors (Lipinski definition) is 1. The third-order valence-electron chi connectivity index (χ3n) is 3.43. The average Bonchev–Trinajstić information content (AvgIpc) is 2.51. The van der Waals surface area contributed by atoms with Crippen molar-refractivity contribution in [1.29, 1.82) is 0 Å². The third-order valence-corrected chi connectivity index (χ3v) is 3.79. The molecule has 0 spiro atoms. The van der Waals surface area contributed by atoms with Crippen LogP contribution in [0.2, 0.25) is 5.02 Å². The van der Waals surface area contributed by atoms with E-state index in [0.29, 0.717) is 5.69 Å². The molecule has 110 valence electrons. The average molecular weight is 314 g/mol. The maximum atomic E-state index is 13.7. The van der Waals surface area contributed by atoms with Crippen molar-refractivity contribution < 1.29 is 9.18 Å². The van der Waals surface area contributed by atoms with Gasteiger partial charge in [-0.2, -0.15) is 0 Å². The fourth-order valence-electron chi connectivity index (χ4n) is 2.33. The molecule has 0 fully saturated rings. The highest BCUT2D eigenvalue weighted by molar-refractivity contribution is 6.31. The molecule has 0 radical (unpaired) electrons. The zero-order chi connectivity index (χ0) is 15.5. The lowest BCUT2D eigenvalue weighted by Crippen LogP contribution is -2.15. The zero-order valence-corrected chi connectivity index (χ0v) is 12.4. The molecule has 0 saturated carbocycles. The van der Waals surface area contributed by atoms with E-state index in [4.69, 9.17) is 11.6 Å². The molecule has 1 amide bonds. The molecule has 0 bridgehead atoms. The summed E-state index contributed by atoms with van der Waals surface area (Å²) in [6.07, 6.45) is -0.0989. The molecule has 22 heavy (non-hydrogen) atoms. The number of halogens is 2. The van der Waals surface area contributed by atoms with Crippen molar-refractivity contribution in [2.24, 2.45) is 0 Å². The third kappa shape index (κ3) is 3.10. The number of anilines is 1. The van der Waals surface area contributed by atoms with Gasteiger partial charge in [-0.3, -0.25) is 4.79 Å². The molecular formula is C18H13ClFNO. The van der Waals surface area contributed by atoms with Crippen molar-refractivity contribution in [3.05, 3.63) is 77.1 Å². The Bertz CT molecular complexity index is 827. The molecule has 0 atom stereocenters. The van der Waals surface area contributed by atoms with Crippen LogP contribution < -0.4 is 5.32 Å². The number of benzene rings is 3. The van der Waals surface area contributed by atoms with Crippen LogP contribution in [0.5, 0.6) is 0 Å². The molecule has 3 aromatic carbocycles. The topological polar surface area (TPSA) is 29.1 Å². The Hall–Kier alpha value is -2.39. The van der Waals surface area contributed by atoms with E-state index in [1.165, 1.54) is 12.1 Å². The van der Waals surface area contributed by atoms with Crippen LogP contribution >= 0.6 is 11.6 Å². The Balaban J connectivity index is 1.78. The number of hydrogen-bond acceptors (Lipinski definition) is 1. The number of amides is 1. The second-order valence-corrected chi connectivity index (χ2v) is 5.39. The molecule has 0 unspecified atom stereocenters. The number of fused-ring (bicyclic) bond motifs is 1. The monoisotopic (exact) mass is 313 g/mol. The maximum Gasteiger partial charge on any atom is 0.228 e. The van der Waals surface area contributed by atoms with Crippen LogP contribution in [0.4, 0.5) is 10.1 Å². The van der Waals surface area contributed by atoms with Crippen LogP contribution in [0, 0.1) is 5.82 Å². The Kier molecular flexibility index (Phi) is 4.07. The van der Waals surface area contributed by atoms with Gasteiger partial charge in [-0.1, -0.05) is 48.0 Å². The molecule has 0 aliphatic carbocycles. The van der Waals surface area contributed by atoms with Crippen molar-refractivity contribution in [2.45, 2.75) is 6.42 Å². The van der Waals surface area contributed by atoms with E-state index < -0.39 is 5.82 Å². The minimum atomic E-state index is -0.471. The van der Waals surface area contributed by atoms with Crippen LogP contribution in [0.1, 0.15) is 5.56 Å². The summed E-state index contributed by atoms with van der Waals surface area (Å²) in [5.74, 6) is -0.775. The molecule has 3 rings (SSSR count). The Morgan fingerprint density at radius 3 is 2.55 bits per heavy atom. The predicted octanol–water partition coefficient (Wildman–Crippen LogP) is 4.81. The van der Waals surface area contributed by atoms with Gasteiger partial charge >= 0.3 is 0 Å². The lowest BCUT2D eigenvalue weighted by molar-refractivity contribution is -0.115. The van der Waals surface area contributed by atoms with Crippen molar-refractivity contribution in [1.82, 2.24) is 0 Å². The van der Waals surface area contributed by atoms with Gasteiger partial charge in [-0.15, -0.1) is 0 Å². The van der Waals surface area contributed by atoms with E-state index in [2.05, 4.69) is 5.32 Å². The lowest BCUT2D eigenvalue weighted by atomic mass is 10.1. The van der Waals surface area contributed by atoms with Crippen molar-refractivity contribution in [3.8, 4) is 0 Å². The summed E-state index contributed by atoms with van der Waals surface area (Å²) in [6, 6.07) is 17.9. The molecule has 0 aliphatic rings. The van der Waals surface area contributed by atoms with Gasteiger partial charge in [0.2, 0.25) is 5.91 Å². The summed E-state index contributed by atoms with van der Waals surface area (Å²) in [6.45, 7) is 0. The van der Waals surface area contributed by atoms with Gasteiger partial charge in [0.05, 0.1) is 6.42 Å². The molecule has 3 aromatic rings. The van der Waals surface area contributed by atoms with E-state index in [1.54, 1.807) is 6.07 Å². The first-order valence-corrected chi connectivity index (χ1v) is 7.23. The first-order valence-electron chi connectivity index (χ1n) is 6.85. The van der Waals surface area contributed by atoms with Gasteiger partial charge in [0.25, 0.3) is 0 Å². The number of nitrogens with one attached hydrogen (secondary N) is 1. The van der Waals surface area contributed by atoms with Gasteiger partial charge in [0.15, 0.2) is 0 Å². The first-order chi connectivity index (χ1) is 10.6. The van der Waals surface area contributed by atoms with Gasteiger partial charge in [0, 0.05) is 16.3 Å². The Labute approximate surface area is 132 Å². The van der Waals surface area contributed by atoms with E-state index in [-0.39, 0.29) is 22.9 Å². The minimum absolute atomic E-state index is 0.0989. The quantitative estimate of drug-likeness (QED) is 0.738. The molecule has 0 aromatic heterocycles. The summed E-state index contributed by atoms with van der Waals surface area (Å²) in [7, 11) is 0.